The normalized spacial score (nSPS) is 12.3. The van der Waals surface area contributed by atoms with Crippen molar-refractivity contribution in [2.45, 2.75) is 52.6 Å². The molecule has 100 valence electrons. The zero-order valence-electron chi connectivity index (χ0n) is 11.0. The third-order valence-electron chi connectivity index (χ3n) is 3.11. The van der Waals surface area contributed by atoms with E-state index in [0.29, 0.717) is 12.8 Å². The maximum Gasteiger partial charge on any atom is 0.309 e. The van der Waals surface area contributed by atoms with Crippen molar-refractivity contribution in [1.29, 1.82) is 0 Å². The van der Waals surface area contributed by atoms with E-state index in [0.717, 1.165) is 0 Å². The smallest absolute Gasteiger partial charge is 0.309 e. The van der Waals surface area contributed by atoms with Crippen molar-refractivity contribution in [2.24, 2.45) is 5.41 Å². The Bertz CT molecular complexity index is 282. The van der Waals surface area contributed by atoms with Crippen molar-refractivity contribution < 1.29 is 19.8 Å². The van der Waals surface area contributed by atoms with Gasteiger partial charge in [-0.25, -0.2) is 0 Å². The maximum atomic E-state index is 11.6. The van der Waals surface area contributed by atoms with Crippen molar-refractivity contribution in [3.63, 3.8) is 0 Å². The summed E-state index contributed by atoms with van der Waals surface area (Å²) in [4.78, 5) is 22.4. The third kappa shape index (κ3) is 5.17. The van der Waals surface area contributed by atoms with Crippen molar-refractivity contribution in [3.8, 4) is 0 Å². The molecule has 0 saturated carbocycles. The van der Waals surface area contributed by atoms with E-state index in [1.807, 2.05) is 13.8 Å². The van der Waals surface area contributed by atoms with Gasteiger partial charge in [0.15, 0.2) is 0 Å². The second-order valence-corrected chi connectivity index (χ2v) is 5.07. The first-order valence-electron chi connectivity index (χ1n) is 5.89. The van der Waals surface area contributed by atoms with Gasteiger partial charge in [0.1, 0.15) is 0 Å². The van der Waals surface area contributed by atoms with Gasteiger partial charge in [0.2, 0.25) is 5.91 Å². The maximum absolute atomic E-state index is 11.6. The van der Waals surface area contributed by atoms with Gasteiger partial charge in [-0.3, -0.25) is 9.59 Å². The molecule has 0 heterocycles. The summed E-state index contributed by atoms with van der Waals surface area (Å²) < 4.78 is 0. The van der Waals surface area contributed by atoms with E-state index in [1.54, 1.807) is 0 Å². The highest BCUT2D eigenvalue weighted by Crippen LogP contribution is 2.20. The van der Waals surface area contributed by atoms with Crippen LogP contribution in [-0.2, 0) is 9.59 Å². The van der Waals surface area contributed by atoms with Gasteiger partial charge in [-0.1, -0.05) is 13.8 Å². The molecule has 0 bridgehead atoms. The van der Waals surface area contributed by atoms with Crippen molar-refractivity contribution >= 4 is 11.9 Å². The Morgan fingerprint density at radius 2 is 1.65 bits per heavy atom. The Morgan fingerprint density at radius 1 is 1.18 bits per heavy atom. The lowest BCUT2D eigenvalue weighted by Gasteiger charge is -2.26. The molecule has 0 saturated heterocycles. The van der Waals surface area contributed by atoms with E-state index in [2.05, 4.69) is 5.32 Å². The minimum absolute atomic E-state index is 0.0914. The van der Waals surface area contributed by atoms with E-state index in [1.165, 1.54) is 13.8 Å². The molecule has 0 atom stereocenters. The highest BCUT2D eigenvalue weighted by molar-refractivity contribution is 5.84. The lowest BCUT2D eigenvalue weighted by molar-refractivity contribution is -0.149. The van der Waals surface area contributed by atoms with Crippen molar-refractivity contribution in [3.05, 3.63) is 0 Å². The number of carbonyl (C=O) groups is 2. The van der Waals surface area contributed by atoms with Crippen LogP contribution in [0.3, 0.4) is 0 Å². The van der Waals surface area contributed by atoms with E-state index >= 15 is 0 Å². The summed E-state index contributed by atoms with van der Waals surface area (Å²) >= 11 is 0. The summed E-state index contributed by atoms with van der Waals surface area (Å²) in [5, 5.41) is 21.4. The van der Waals surface area contributed by atoms with Crippen LogP contribution in [0.1, 0.15) is 47.0 Å². The highest BCUT2D eigenvalue weighted by atomic mass is 16.4. The van der Waals surface area contributed by atoms with Crippen LogP contribution in [0, 0.1) is 5.41 Å². The number of carbonyl (C=O) groups excluding carboxylic acids is 1. The number of amides is 1. The second kappa shape index (κ2) is 6.00. The first kappa shape index (κ1) is 15.9. The second-order valence-electron chi connectivity index (χ2n) is 5.07. The number of aliphatic carboxylic acids is 1. The number of carboxylic acids is 1. The number of carboxylic acid groups (broad SMARTS) is 1. The number of hydrogen-bond acceptors (Lipinski definition) is 3. The Hall–Kier alpha value is -1.10. The Labute approximate surface area is 102 Å². The average molecular weight is 245 g/mol. The number of hydrogen-bond donors (Lipinski definition) is 3. The zero-order valence-corrected chi connectivity index (χ0v) is 11.0. The van der Waals surface area contributed by atoms with Crippen LogP contribution in [0.25, 0.3) is 0 Å². The Morgan fingerprint density at radius 3 is 2.00 bits per heavy atom. The molecule has 0 aromatic heterocycles. The first-order chi connectivity index (χ1) is 7.67. The van der Waals surface area contributed by atoms with Gasteiger partial charge >= 0.3 is 5.97 Å². The molecule has 5 nitrogen and oxygen atoms in total. The molecule has 0 radical (unpaired) electrons. The molecule has 0 spiro atoms. The van der Waals surface area contributed by atoms with Crippen molar-refractivity contribution in [2.75, 3.05) is 6.54 Å². The third-order valence-corrected chi connectivity index (χ3v) is 3.11. The fraction of sp³-hybridized carbons (Fsp3) is 0.833. The fourth-order valence-electron chi connectivity index (χ4n) is 1.30. The van der Waals surface area contributed by atoms with Crippen LogP contribution in [-0.4, -0.2) is 34.2 Å². The molecule has 0 unspecified atom stereocenters. The van der Waals surface area contributed by atoms with E-state index in [-0.39, 0.29) is 18.9 Å². The van der Waals surface area contributed by atoms with Gasteiger partial charge in [0.05, 0.1) is 11.0 Å². The zero-order chi connectivity index (χ0) is 13.7. The monoisotopic (exact) mass is 245 g/mol. The van der Waals surface area contributed by atoms with E-state index < -0.39 is 17.0 Å². The molecule has 0 fully saturated rings. The van der Waals surface area contributed by atoms with Gasteiger partial charge in [-0.2, -0.15) is 0 Å². The van der Waals surface area contributed by atoms with Crippen LogP contribution >= 0.6 is 0 Å². The number of nitrogens with one attached hydrogen (secondary N) is 1. The lowest BCUT2D eigenvalue weighted by atomic mass is 9.89. The molecule has 3 N–H and O–H groups in total. The summed E-state index contributed by atoms with van der Waals surface area (Å²) in [7, 11) is 0. The molecule has 17 heavy (non-hydrogen) atoms. The summed E-state index contributed by atoms with van der Waals surface area (Å²) in [5.74, 6) is -1.35. The topological polar surface area (TPSA) is 86.6 Å². The molecule has 0 aliphatic rings. The molecule has 0 rings (SSSR count). The van der Waals surface area contributed by atoms with Crippen LogP contribution in [0.4, 0.5) is 0 Å². The fourth-order valence-corrected chi connectivity index (χ4v) is 1.30. The molecule has 0 aliphatic heterocycles. The SMILES string of the molecule is CCC(O)(CC)CNC(=O)CC(C)(C)C(=O)O. The summed E-state index contributed by atoms with van der Waals surface area (Å²) in [6, 6.07) is 0. The largest absolute Gasteiger partial charge is 0.481 e. The molecule has 0 aliphatic carbocycles. The Balaban J connectivity index is 4.26. The van der Waals surface area contributed by atoms with Gasteiger partial charge in [0, 0.05) is 13.0 Å². The highest BCUT2D eigenvalue weighted by Gasteiger charge is 2.31. The summed E-state index contributed by atoms with van der Waals surface area (Å²) in [6.45, 7) is 6.85. The molecule has 0 aromatic rings. The lowest BCUT2D eigenvalue weighted by Crippen LogP contribution is -2.43. The summed E-state index contributed by atoms with van der Waals surface area (Å²) in [6.07, 6.45) is 1.00. The van der Waals surface area contributed by atoms with Gasteiger partial charge in [-0.05, 0) is 26.7 Å². The van der Waals surface area contributed by atoms with Crippen LogP contribution in [0.2, 0.25) is 0 Å². The quantitative estimate of drug-likeness (QED) is 0.628. The standard InChI is InChI=1S/C12H23NO4/c1-5-12(17,6-2)8-13-9(14)7-11(3,4)10(15)16/h17H,5-8H2,1-4H3,(H,13,14)(H,15,16). The van der Waals surface area contributed by atoms with Crippen molar-refractivity contribution in [1.82, 2.24) is 5.32 Å². The van der Waals surface area contributed by atoms with Crippen LogP contribution < -0.4 is 5.32 Å². The number of rotatable bonds is 7. The van der Waals surface area contributed by atoms with E-state index in [9.17, 15) is 14.7 Å². The average Bonchev–Trinajstić information content (AvgIpc) is 2.25. The molecular formula is C12H23NO4. The predicted molar refractivity (Wildman–Crippen MR) is 64.6 cm³/mol. The van der Waals surface area contributed by atoms with Gasteiger partial charge in [0.25, 0.3) is 0 Å². The van der Waals surface area contributed by atoms with Crippen LogP contribution in [0.5, 0.6) is 0 Å². The predicted octanol–water partition coefficient (Wildman–Crippen LogP) is 1.15. The molecule has 5 heteroatoms. The minimum Gasteiger partial charge on any atom is -0.481 e. The minimum atomic E-state index is -1.08. The Kier molecular flexibility index (Phi) is 5.61. The molecule has 0 aromatic carbocycles. The van der Waals surface area contributed by atoms with Gasteiger partial charge in [-0.15, -0.1) is 0 Å². The van der Waals surface area contributed by atoms with Crippen LogP contribution in [0.15, 0.2) is 0 Å². The molecular weight excluding hydrogens is 222 g/mol. The van der Waals surface area contributed by atoms with E-state index in [4.69, 9.17) is 5.11 Å². The summed E-state index contributed by atoms with van der Waals surface area (Å²) in [5.41, 5.74) is -1.98. The van der Waals surface area contributed by atoms with Gasteiger partial charge < -0.3 is 15.5 Å². The number of aliphatic hydroxyl groups is 1. The molecule has 1 amide bonds. The first-order valence-corrected chi connectivity index (χ1v) is 5.89.